The van der Waals surface area contributed by atoms with E-state index in [1.54, 1.807) is 24.3 Å². The zero-order chi connectivity index (χ0) is 14.3. The van der Waals surface area contributed by atoms with Crippen molar-refractivity contribution in [2.75, 3.05) is 6.26 Å². The van der Waals surface area contributed by atoms with E-state index in [1.807, 2.05) is 0 Å². The lowest BCUT2D eigenvalue weighted by atomic mass is 9.62. The minimum absolute atomic E-state index is 0.00943. The molecule has 1 saturated carbocycles. The fourth-order valence-electron chi connectivity index (χ4n) is 2.45. The molecule has 0 heterocycles. The van der Waals surface area contributed by atoms with Gasteiger partial charge in [-0.25, -0.2) is 8.42 Å². The molecule has 0 amide bonds. The van der Waals surface area contributed by atoms with Crippen LogP contribution in [0.2, 0.25) is 0 Å². The van der Waals surface area contributed by atoms with Gasteiger partial charge in [-0.15, -0.1) is 0 Å². The average Bonchev–Trinajstić information content (AvgIpc) is 2.37. The second-order valence-electron chi connectivity index (χ2n) is 5.55. The summed E-state index contributed by atoms with van der Waals surface area (Å²) < 4.78 is 28.7. The van der Waals surface area contributed by atoms with Crippen LogP contribution in [0.1, 0.15) is 26.7 Å². The summed E-state index contributed by atoms with van der Waals surface area (Å²) in [5.74, 6) is 0.698. The molecule has 1 aliphatic carbocycles. The Kier molecular flexibility index (Phi) is 3.62. The molecule has 2 N–H and O–H groups in total. The van der Waals surface area contributed by atoms with E-state index in [0.29, 0.717) is 10.6 Å². The molecule has 3 unspecified atom stereocenters. The Hall–Kier alpha value is -1.07. The van der Waals surface area contributed by atoms with Crippen molar-refractivity contribution in [1.29, 1.82) is 0 Å². The van der Waals surface area contributed by atoms with Crippen molar-refractivity contribution in [2.24, 2.45) is 11.1 Å². The molecule has 2 rings (SSSR count). The van der Waals surface area contributed by atoms with E-state index in [4.69, 9.17) is 10.5 Å². The third-order valence-corrected chi connectivity index (χ3v) is 5.47. The standard InChI is InChI=1S/C14H21NO3S/c1-4-14(2)12(15)9-13(14)18-10-5-7-11(8-6-10)19(3,16)17/h5-8,12-13H,4,9,15H2,1-3H3. The highest BCUT2D eigenvalue weighted by atomic mass is 32.2. The molecule has 3 atom stereocenters. The van der Waals surface area contributed by atoms with E-state index in [2.05, 4.69) is 13.8 Å². The fourth-order valence-corrected chi connectivity index (χ4v) is 3.08. The highest BCUT2D eigenvalue weighted by molar-refractivity contribution is 7.90. The first-order valence-electron chi connectivity index (χ1n) is 6.49. The zero-order valence-corrected chi connectivity index (χ0v) is 12.4. The Bertz CT molecular complexity index is 553. The van der Waals surface area contributed by atoms with Crippen molar-refractivity contribution < 1.29 is 13.2 Å². The summed E-state index contributed by atoms with van der Waals surface area (Å²) >= 11 is 0. The molecule has 1 aliphatic rings. The van der Waals surface area contributed by atoms with Gasteiger partial charge in [0.05, 0.1) is 4.90 Å². The summed E-state index contributed by atoms with van der Waals surface area (Å²) in [4.78, 5) is 0.309. The molecule has 1 aromatic rings. The van der Waals surface area contributed by atoms with Crippen LogP contribution < -0.4 is 10.5 Å². The van der Waals surface area contributed by atoms with Crippen LogP contribution >= 0.6 is 0 Å². The van der Waals surface area contributed by atoms with Crippen LogP contribution in [-0.4, -0.2) is 26.8 Å². The Morgan fingerprint density at radius 2 is 1.95 bits per heavy atom. The van der Waals surface area contributed by atoms with E-state index in [1.165, 1.54) is 6.26 Å². The molecule has 1 fully saturated rings. The number of hydrogen-bond acceptors (Lipinski definition) is 4. The summed E-state index contributed by atoms with van der Waals surface area (Å²) in [6.45, 7) is 4.25. The largest absolute Gasteiger partial charge is 0.490 e. The maximum atomic E-state index is 11.4. The highest BCUT2D eigenvalue weighted by Gasteiger charge is 2.50. The Morgan fingerprint density at radius 1 is 1.37 bits per heavy atom. The Balaban J connectivity index is 2.09. The molecule has 0 radical (unpaired) electrons. The average molecular weight is 283 g/mol. The van der Waals surface area contributed by atoms with Gasteiger partial charge in [0.2, 0.25) is 0 Å². The molecule has 0 aromatic heterocycles. The molecule has 0 aliphatic heterocycles. The quantitative estimate of drug-likeness (QED) is 0.917. The number of nitrogens with two attached hydrogens (primary N) is 1. The molecular weight excluding hydrogens is 262 g/mol. The lowest BCUT2D eigenvalue weighted by molar-refractivity contribution is -0.0560. The minimum Gasteiger partial charge on any atom is -0.490 e. The number of benzene rings is 1. The number of sulfone groups is 1. The Labute approximate surface area is 114 Å². The van der Waals surface area contributed by atoms with Crippen molar-refractivity contribution in [1.82, 2.24) is 0 Å². The second kappa shape index (κ2) is 4.80. The topological polar surface area (TPSA) is 69.4 Å². The maximum absolute atomic E-state index is 11.4. The second-order valence-corrected chi connectivity index (χ2v) is 7.57. The monoisotopic (exact) mass is 283 g/mol. The lowest BCUT2D eigenvalue weighted by Gasteiger charge is -2.51. The minimum atomic E-state index is -3.15. The van der Waals surface area contributed by atoms with E-state index < -0.39 is 9.84 Å². The number of hydrogen-bond donors (Lipinski definition) is 1. The van der Waals surface area contributed by atoms with Crippen LogP contribution in [0, 0.1) is 5.41 Å². The summed E-state index contributed by atoms with van der Waals surface area (Å²) in [6.07, 6.45) is 3.12. The predicted molar refractivity (Wildman–Crippen MR) is 75.0 cm³/mol. The van der Waals surface area contributed by atoms with Crippen molar-refractivity contribution in [2.45, 2.75) is 43.7 Å². The van der Waals surface area contributed by atoms with Gasteiger partial charge < -0.3 is 10.5 Å². The van der Waals surface area contributed by atoms with E-state index >= 15 is 0 Å². The van der Waals surface area contributed by atoms with Crippen molar-refractivity contribution in [3.63, 3.8) is 0 Å². The first kappa shape index (κ1) is 14.3. The van der Waals surface area contributed by atoms with Crippen molar-refractivity contribution in [3.05, 3.63) is 24.3 Å². The molecule has 106 valence electrons. The first-order chi connectivity index (χ1) is 8.77. The SMILES string of the molecule is CCC1(C)C(N)CC1Oc1ccc(S(C)(=O)=O)cc1. The normalized spacial score (nSPS) is 30.7. The molecule has 19 heavy (non-hydrogen) atoms. The van der Waals surface area contributed by atoms with E-state index in [0.717, 1.165) is 12.8 Å². The van der Waals surface area contributed by atoms with Gasteiger partial charge in [-0.2, -0.15) is 0 Å². The third-order valence-electron chi connectivity index (χ3n) is 4.34. The first-order valence-corrected chi connectivity index (χ1v) is 8.39. The van der Waals surface area contributed by atoms with Gasteiger partial charge in [-0.3, -0.25) is 0 Å². The smallest absolute Gasteiger partial charge is 0.175 e. The lowest BCUT2D eigenvalue weighted by Crippen LogP contribution is -2.61. The van der Waals surface area contributed by atoms with Crippen LogP contribution in [-0.2, 0) is 9.84 Å². The zero-order valence-electron chi connectivity index (χ0n) is 11.6. The Morgan fingerprint density at radius 3 is 2.37 bits per heavy atom. The van der Waals surface area contributed by atoms with Gasteiger partial charge in [0.1, 0.15) is 11.9 Å². The molecule has 5 heteroatoms. The fraction of sp³-hybridized carbons (Fsp3) is 0.571. The summed E-state index contributed by atoms with van der Waals surface area (Å²) in [6, 6.07) is 6.74. The van der Waals surface area contributed by atoms with Gasteiger partial charge in [0.15, 0.2) is 9.84 Å². The molecule has 0 saturated heterocycles. The van der Waals surface area contributed by atoms with Gasteiger partial charge >= 0.3 is 0 Å². The van der Waals surface area contributed by atoms with Crippen LogP contribution in [0.25, 0.3) is 0 Å². The van der Waals surface area contributed by atoms with Crippen molar-refractivity contribution >= 4 is 9.84 Å². The molecule has 0 bridgehead atoms. The summed E-state index contributed by atoms with van der Waals surface area (Å²) in [7, 11) is -3.15. The van der Waals surface area contributed by atoms with Gasteiger partial charge in [0, 0.05) is 24.1 Å². The van der Waals surface area contributed by atoms with E-state index in [9.17, 15) is 8.42 Å². The van der Waals surface area contributed by atoms with Crippen molar-refractivity contribution in [3.8, 4) is 5.75 Å². The number of ether oxygens (including phenoxy) is 1. The number of rotatable bonds is 4. The third kappa shape index (κ3) is 2.62. The maximum Gasteiger partial charge on any atom is 0.175 e. The van der Waals surface area contributed by atoms with Gasteiger partial charge in [-0.05, 0) is 30.7 Å². The van der Waals surface area contributed by atoms with Crippen LogP contribution in [0.3, 0.4) is 0 Å². The molecule has 0 spiro atoms. The molecule has 4 nitrogen and oxygen atoms in total. The van der Waals surface area contributed by atoms with Crippen LogP contribution in [0.15, 0.2) is 29.2 Å². The molecule has 1 aromatic carbocycles. The molecular formula is C14H21NO3S. The van der Waals surface area contributed by atoms with Crippen LogP contribution in [0.5, 0.6) is 5.75 Å². The summed E-state index contributed by atoms with van der Waals surface area (Å²) in [5, 5.41) is 0. The predicted octanol–water partition coefficient (Wildman–Crippen LogP) is 1.98. The highest BCUT2D eigenvalue weighted by Crippen LogP contribution is 2.44. The summed E-state index contributed by atoms with van der Waals surface area (Å²) in [5.41, 5.74) is 6.04. The van der Waals surface area contributed by atoms with Crippen LogP contribution in [0.4, 0.5) is 0 Å². The van der Waals surface area contributed by atoms with Gasteiger partial charge in [0.25, 0.3) is 0 Å². The van der Waals surface area contributed by atoms with Gasteiger partial charge in [-0.1, -0.05) is 13.8 Å². The van der Waals surface area contributed by atoms with E-state index in [-0.39, 0.29) is 17.6 Å².